The molecule has 1 amide bonds. The van der Waals surface area contributed by atoms with Crippen LogP contribution in [0.15, 0.2) is 48.0 Å². The third kappa shape index (κ3) is 5.10. The first-order valence-electron chi connectivity index (χ1n) is 7.32. The number of anilines is 1. The van der Waals surface area contributed by atoms with Crippen LogP contribution in [0.4, 0.5) is 5.69 Å². The molecule has 0 bridgehead atoms. The number of nitrogens with zero attached hydrogens (tertiary/aromatic N) is 2. The lowest BCUT2D eigenvalue weighted by atomic mass is 10.1. The molecule has 0 fully saturated rings. The van der Waals surface area contributed by atoms with Gasteiger partial charge in [-0.25, -0.2) is 0 Å². The molecule has 0 spiro atoms. The number of carbonyl (C=O) groups excluding carboxylic acids is 1. The molecule has 0 atom stereocenters. The molecule has 0 aliphatic carbocycles. The highest BCUT2D eigenvalue weighted by Crippen LogP contribution is 2.21. The molecule has 0 unspecified atom stereocenters. The summed E-state index contributed by atoms with van der Waals surface area (Å²) in [5.41, 5.74) is 2.02. The second-order valence-corrected chi connectivity index (χ2v) is 5.54. The minimum Gasteiger partial charge on any atom is -0.479 e. The van der Waals surface area contributed by atoms with Gasteiger partial charge < -0.3 is 10.1 Å². The van der Waals surface area contributed by atoms with Crippen LogP contribution in [0.25, 0.3) is 6.08 Å². The molecule has 0 saturated heterocycles. The maximum absolute atomic E-state index is 12.3. The van der Waals surface area contributed by atoms with Crippen LogP contribution in [-0.4, -0.2) is 12.5 Å². The summed E-state index contributed by atoms with van der Waals surface area (Å²) in [4.78, 5) is 12.3. The second-order valence-electron chi connectivity index (χ2n) is 5.10. The highest BCUT2D eigenvalue weighted by atomic mass is 35.5. The number of nitriles is 2. The number of ether oxygens (including phenoxy) is 1. The number of nitrogens with one attached hydrogen (secondary N) is 1. The Bertz CT molecular complexity index is 890. The fraction of sp³-hybridized carbons (Fsp3) is 0.105. The quantitative estimate of drug-likeness (QED) is 0.649. The molecular weight excluding hydrogens is 338 g/mol. The predicted molar refractivity (Wildman–Crippen MR) is 96.0 cm³/mol. The van der Waals surface area contributed by atoms with E-state index in [1.165, 1.54) is 6.08 Å². The Hall–Kier alpha value is -3.28. The lowest BCUT2D eigenvalue weighted by Gasteiger charge is -2.08. The van der Waals surface area contributed by atoms with Crippen molar-refractivity contribution in [3.63, 3.8) is 0 Å². The van der Waals surface area contributed by atoms with Gasteiger partial charge >= 0.3 is 0 Å². The van der Waals surface area contributed by atoms with Crippen LogP contribution in [-0.2, 0) is 4.79 Å². The van der Waals surface area contributed by atoms with Crippen molar-refractivity contribution >= 4 is 29.3 Å². The summed E-state index contributed by atoms with van der Waals surface area (Å²) in [5, 5.41) is 20.9. The van der Waals surface area contributed by atoms with E-state index in [1.54, 1.807) is 42.5 Å². The number of hydrogen-bond donors (Lipinski definition) is 1. The minimum absolute atomic E-state index is 0.0370. The molecule has 2 rings (SSSR count). The normalized spacial score (nSPS) is 10.5. The Morgan fingerprint density at radius 2 is 1.96 bits per heavy atom. The topological polar surface area (TPSA) is 85.9 Å². The first-order valence-corrected chi connectivity index (χ1v) is 7.70. The van der Waals surface area contributed by atoms with E-state index < -0.39 is 5.91 Å². The average molecular weight is 352 g/mol. The summed E-state index contributed by atoms with van der Waals surface area (Å²) in [6.07, 6.45) is 1.48. The number of halogens is 1. The summed E-state index contributed by atoms with van der Waals surface area (Å²) >= 11 is 5.93. The molecule has 1 N–H and O–H groups in total. The van der Waals surface area contributed by atoms with Crippen molar-refractivity contribution in [3.8, 4) is 17.9 Å². The number of amides is 1. The minimum atomic E-state index is -0.516. The van der Waals surface area contributed by atoms with Gasteiger partial charge in [-0.15, -0.1) is 0 Å². The summed E-state index contributed by atoms with van der Waals surface area (Å²) in [6.45, 7) is 1.79. The number of hydrogen-bond acceptors (Lipinski definition) is 4. The SMILES string of the molecule is Cc1ccc(Cl)cc1NC(=O)/C(C#N)=C/c1ccc(OCC#N)cc1. The number of rotatable bonds is 5. The Morgan fingerprint density at radius 3 is 2.60 bits per heavy atom. The van der Waals surface area contributed by atoms with E-state index in [-0.39, 0.29) is 12.2 Å². The zero-order valence-electron chi connectivity index (χ0n) is 13.4. The monoisotopic (exact) mass is 351 g/mol. The van der Waals surface area contributed by atoms with Gasteiger partial charge in [0.1, 0.15) is 23.5 Å². The fourth-order valence-corrected chi connectivity index (χ4v) is 2.18. The molecular formula is C19H14ClN3O2. The molecule has 25 heavy (non-hydrogen) atoms. The maximum atomic E-state index is 12.3. The van der Waals surface area contributed by atoms with Crippen LogP contribution in [0, 0.1) is 29.6 Å². The molecule has 0 saturated carbocycles. The molecule has 0 radical (unpaired) electrons. The lowest BCUT2D eigenvalue weighted by molar-refractivity contribution is -0.112. The molecule has 6 heteroatoms. The van der Waals surface area contributed by atoms with Gasteiger partial charge in [-0.1, -0.05) is 29.8 Å². The van der Waals surface area contributed by atoms with Gasteiger partial charge in [0.2, 0.25) is 0 Å². The molecule has 124 valence electrons. The number of carbonyl (C=O) groups is 1. The van der Waals surface area contributed by atoms with Gasteiger partial charge in [-0.2, -0.15) is 10.5 Å². The van der Waals surface area contributed by atoms with Crippen LogP contribution in [0.3, 0.4) is 0 Å². The first-order chi connectivity index (χ1) is 12.0. The van der Waals surface area contributed by atoms with Crippen LogP contribution in [0.2, 0.25) is 5.02 Å². The molecule has 0 aromatic heterocycles. The van der Waals surface area contributed by atoms with E-state index in [1.807, 2.05) is 19.1 Å². The molecule has 0 heterocycles. The summed E-state index contributed by atoms with van der Waals surface area (Å²) in [5.74, 6) is 0.0221. The fourth-order valence-electron chi connectivity index (χ4n) is 2.01. The molecule has 5 nitrogen and oxygen atoms in total. The lowest BCUT2D eigenvalue weighted by Crippen LogP contribution is -2.14. The van der Waals surface area contributed by atoms with Crippen LogP contribution >= 0.6 is 11.6 Å². The highest BCUT2D eigenvalue weighted by Gasteiger charge is 2.11. The van der Waals surface area contributed by atoms with Gasteiger partial charge in [0.15, 0.2) is 6.61 Å². The number of aryl methyl sites for hydroxylation is 1. The van der Waals surface area contributed by atoms with Crippen molar-refractivity contribution in [3.05, 3.63) is 64.2 Å². The Labute approximate surface area is 150 Å². The van der Waals surface area contributed by atoms with Crippen molar-refractivity contribution < 1.29 is 9.53 Å². The van der Waals surface area contributed by atoms with E-state index in [0.717, 1.165) is 5.56 Å². The van der Waals surface area contributed by atoms with E-state index in [4.69, 9.17) is 21.6 Å². The molecule has 0 aliphatic rings. The smallest absolute Gasteiger partial charge is 0.266 e. The first kappa shape index (κ1) is 18.1. The van der Waals surface area contributed by atoms with E-state index in [9.17, 15) is 10.1 Å². The van der Waals surface area contributed by atoms with Gasteiger partial charge in [-0.05, 0) is 48.4 Å². The Balaban J connectivity index is 2.16. The van der Waals surface area contributed by atoms with Gasteiger partial charge in [0, 0.05) is 10.7 Å². The highest BCUT2D eigenvalue weighted by molar-refractivity contribution is 6.31. The Morgan fingerprint density at radius 1 is 1.24 bits per heavy atom. The largest absolute Gasteiger partial charge is 0.479 e. The molecule has 2 aromatic rings. The van der Waals surface area contributed by atoms with Crippen molar-refractivity contribution in [2.75, 3.05) is 11.9 Å². The third-order valence-electron chi connectivity index (χ3n) is 3.31. The average Bonchev–Trinajstić information content (AvgIpc) is 2.61. The van der Waals surface area contributed by atoms with Gasteiger partial charge in [0.25, 0.3) is 5.91 Å². The van der Waals surface area contributed by atoms with Crippen LogP contribution < -0.4 is 10.1 Å². The van der Waals surface area contributed by atoms with Crippen molar-refractivity contribution in [1.29, 1.82) is 10.5 Å². The van der Waals surface area contributed by atoms with E-state index in [2.05, 4.69) is 5.32 Å². The summed E-state index contributed by atoms with van der Waals surface area (Å²) in [7, 11) is 0. The Kier molecular flexibility index (Phi) is 6.17. The standard InChI is InChI=1S/C19H14ClN3O2/c1-13-2-5-16(20)11-18(13)23-19(24)15(12-22)10-14-3-6-17(7-4-14)25-9-8-21/h2-7,10-11H,9H2,1H3,(H,23,24)/b15-10+. The summed E-state index contributed by atoms with van der Waals surface area (Å²) in [6, 6.07) is 15.6. The van der Waals surface area contributed by atoms with Crippen LogP contribution in [0.5, 0.6) is 5.75 Å². The van der Waals surface area contributed by atoms with Crippen LogP contribution in [0.1, 0.15) is 11.1 Å². The maximum Gasteiger partial charge on any atom is 0.266 e. The van der Waals surface area contributed by atoms with Gasteiger partial charge in [-0.3, -0.25) is 4.79 Å². The zero-order chi connectivity index (χ0) is 18.2. The van der Waals surface area contributed by atoms with Crippen molar-refractivity contribution in [2.24, 2.45) is 0 Å². The predicted octanol–water partition coefficient (Wildman–Crippen LogP) is 4.10. The number of benzene rings is 2. The van der Waals surface area contributed by atoms with Crippen molar-refractivity contribution in [2.45, 2.75) is 6.92 Å². The summed E-state index contributed by atoms with van der Waals surface area (Å²) < 4.78 is 5.15. The van der Waals surface area contributed by atoms with Crippen molar-refractivity contribution in [1.82, 2.24) is 0 Å². The third-order valence-corrected chi connectivity index (χ3v) is 3.54. The molecule has 2 aromatic carbocycles. The van der Waals surface area contributed by atoms with E-state index in [0.29, 0.717) is 22.0 Å². The van der Waals surface area contributed by atoms with E-state index >= 15 is 0 Å². The zero-order valence-corrected chi connectivity index (χ0v) is 14.2. The second kappa shape index (κ2) is 8.54. The molecule has 0 aliphatic heterocycles. The van der Waals surface area contributed by atoms with Gasteiger partial charge in [0.05, 0.1) is 0 Å².